The topological polar surface area (TPSA) is 43.6 Å². The molecular weight excluding hydrogens is 152 g/mol. The van der Waals surface area contributed by atoms with Crippen molar-refractivity contribution < 1.29 is 0 Å². The molecule has 0 radical (unpaired) electrons. The van der Waals surface area contributed by atoms with Crippen molar-refractivity contribution in [2.75, 3.05) is 5.88 Å². The van der Waals surface area contributed by atoms with Gasteiger partial charge in [-0.25, -0.2) is 0 Å². The molecule has 10 heavy (non-hydrogen) atoms. The number of rotatable bonds is 3. The summed E-state index contributed by atoms with van der Waals surface area (Å²) < 4.78 is 0. The molecule has 0 bridgehead atoms. The average Bonchev–Trinajstić information content (AvgIpc) is 2.37. The fourth-order valence-corrected chi connectivity index (χ4v) is 0.764. The largest absolute Gasteiger partial charge is 0.175 e. The zero-order valence-electron chi connectivity index (χ0n) is 5.79. The van der Waals surface area contributed by atoms with E-state index in [1.165, 1.54) is 0 Å². The summed E-state index contributed by atoms with van der Waals surface area (Å²) in [5, 5.41) is 11.6. The van der Waals surface area contributed by atoms with Gasteiger partial charge in [0.05, 0.1) is 6.54 Å². The Morgan fingerprint density at radius 1 is 1.60 bits per heavy atom. The third-order valence-corrected chi connectivity index (χ3v) is 1.28. The van der Waals surface area contributed by atoms with Gasteiger partial charge in [0.1, 0.15) is 0 Å². The van der Waals surface area contributed by atoms with Crippen LogP contribution >= 0.6 is 11.6 Å². The van der Waals surface area contributed by atoms with Gasteiger partial charge < -0.3 is 0 Å². The quantitative estimate of drug-likeness (QED) is 0.604. The number of hydrogen-bond donors (Lipinski definition) is 0. The molecule has 0 unspecified atom stereocenters. The highest BCUT2D eigenvalue weighted by molar-refractivity contribution is 6.17. The SMILES string of the molecule is CCn1nnc(CCCl)n1. The zero-order chi connectivity index (χ0) is 7.40. The Kier molecular flexibility index (Phi) is 2.62. The highest BCUT2D eigenvalue weighted by Crippen LogP contribution is 1.89. The summed E-state index contributed by atoms with van der Waals surface area (Å²) >= 11 is 5.47. The Morgan fingerprint density at radius 2 is 2.40 bits per heavy atom. The van der Waals surface area contributed by atoms with E-state index >= 15 is 0 Å². The van der Waals surface area contributed by atoms with Crippen molar-refractivity contribution in [2.24, 2.45) is 0 Å². The third kappa shape index (κ3) is 1.67. The van der Waals surface area contributed by atoms with Crippen LogP contribution < -0.4 is 0 Å². The first-order valence-electron chi connectivity index (χ1n) is 3.19. The lowest BCUT2D eigenvalue weighted by Crippen LogP contribution is -1.99. The Balaban J connectivity index is 2.59. The maximum absolute atomic E-state index is 5.47. The van der Waals surface area contributed by atoms with Crippen LogP contribution in [0, 0.1) is 0 Å². The minimum atomic E-state index is 0.551. The molecular formula is C5H9ClN4. The van der Waals surface area contributed by atoms with E-state index < -0.39 is 0 Å². The second-order valence-corrected chi connectivity index (χ2v) is 2.21. The van der Waals surface area contributed by atoms with Crippen molar-refractivity contribution in [3.05, 3.63) is 5.82 Å². The molecule has 0 aromatic carbocycles. The first kappa shape index (κ1) is 7.47. The molecule has 1 heterocycles. The van der Waals surface area contributed by atoms with Gasteiger partial charge in [-0.2, -0.15) is 4.80 Å². The Bertz CT molecular complexity index is 197. The second kappa shape index (κ2) is 3.51. The number of alkyl halides is 1. The lowest BCUT2D eigenvalue weighted by Gasteiger charge is -1.86. The minimum Gasteiger partial charge on any atom is -0.164 e. The van der Waals surface area contributed by atoms with E-state index in [1.54, 1.807) is 4.80 Å². The number of nitrogens with zero attached hydrogens (tertiary/aromatic N) is 4. The molecule has 0 N–H and O–H groups in total. The van der Waals surface area contributed by atoms with E-state index in [-0.39, 0.29) is 0 Å². The molecule has 5 heteroatoms. The molecule has 1 rings (SSSR count). The molecule has 0 saturated heterocycles. The Morgan fingerprint density at radius 3 is 2.90 bits per heavy atom. The highest BCUT2D eigenvalue weighted by Gasteiger charge is 1.98. The molecule has 0 saturated carbocycles. The van der Waals surface area contributed by atoms with Crippen molar-refractivity contribution in [3.63, 3.8) is 0 Å². The van der Waals surface area contributed by atoms with Gasteiger partial charge in [0, 0.05) is 12.3 Å². The lowest BCUT2D eigenvalue weighted by molar-refractivity contribution is 0.550. The Labute approximate surface area is 64.2 Å². The minimum absolute atomic E-state index is 0.551. The van der Waals surface area contributed by atoms with Gasteiger partial charge in [-0.1, -0.05) is 0 Å². The molecule has 56 valence electrons. The van der Waals surface area contributed by atoms with Crippen LogP contribution in [0.25, 0.3) is 0 Å². The average molecular weight is 161 g/mol. The van der Waals surface area contributed by atoms with E-state index in [2.05, 4.69) is 15.4 Å². The molecule has 0 aliphatic carbocycles. The number of aryl methyl sites for hydroxylation is 2. The summed E-state index contributed by atoms with van der Waals surface area (Å²) in [4.78, 5) is 1.54. The predicted octanol–water partition coefficient (Wildman–Crippen LogP) is 0.474. The summed E-state index contributed by atoms with van der Waals surface area (Å²) in [5.74, 6) is 1.27. The Hall–Kier alpha value is -0.640. The highest BCUT2D eigenvalue weighted by atomic mass is 35.5. The molecule has 1 aromatic rings. The molecule has 0 aliphatic rings. The van der Waals surface area contributed by atoms with Crippen LogP contribution in [0.4, 0.5) is 0 Å². The van der Waals surface area contributed by atoms with Gasteiger partial charge in [-0.3, -0.25) is 0 Å². The predicted molar refractivity (Wildman–Crippen MR) is 37.9 cm³/mol. The van der Waals surface area contributed by atoms with Crippen molar-refractivity contribution in [1.82, 2.24) is 20.2 Å². The maximum atomic E-state index is 5.47. The van der Waals surface area contributed by atoms with Crippen LogP contribution in [0.2, 0.25) is 0 Å². The molecule has 4 nitrogen and oxygen atoms in total. The number of aromatic nitrogens is 4. The van der Waals surface area contributed by atoms with Crippen LogP contribution in [-0.4, -0.2) is 26.1 Å². The van der Waals surface area contributed by atoms with Crippen molar-refractivity contribution in [1.29, 1.82) is 0 Å². The maximum Gasteiger partial charge on any atom is 0.175 e. The normalized spacial score (nSPS) is 10.2. The standard InChI is InChI=1S/C5H9ClN4/c1-2-10-8-5(3-4-6)7-9-10/h2-4H2,1H3. The van der Waals surface area contributed by atoms with Crippen LogP contribution in [0.15, 0.2) is 0 Å². The van der Waals surface area contributed by atoms with Crippen molar-refractivity contribution in [3.8, 4) is 0 Å². The van der Waals surface area contributed by atoms with Gasteiger partial charge in [0.2, 0.25) is 0 Å². The van der Waals surface area contributed by atoms with E-state index in [1.807, 2.05) is 6.92 Å². The molecule has 0 atom stereocenters. The molecule has 0 aliphatic heterocycles. The van der Waals surface area contributed by atoms with Crippen LogP contribution in [0.3, 0.4) is 0 Å². The smallest absolute Gasteiger partial charge is 0.164 e. The van der Waals surface area contributed by atoms with E-state index in [0.29, 0.717) is 12.3 Å². The molecule has 0 spiro atoms. The summed E-state index contributed by atoms with van der Waals surface area (Å²) in [6.07, 6.45) is 0.696. The molecule has 1 aromatic heterocycles. The van der Waals surface area contributed by atoms with Gasteiger partial charge in [-0.15, -0.1) is 21.8 Å². The van der Waals surface area contributed by atoms with Crippen LogP contribution in [-0.2, 0) is 13.0 Å². The van der Waals surface area contributed by atoms with Gasteiger partial charge >= 0.3 is 0 Å². The first-order valence-corrected chi connectivity index (χ1v) is 3.73. The van der Waals surface area contributed by atoms with Crippen LogP contribution in [0.5, 0.6) is 0 Å². The number of halogens is 1. The number of tetrazole rings is 1. The lowest BCUT2D eigenvalue weighted by atomic mass is 10.5. The zero-order valence-corrected chi connectivity index (χ0v) is 6.54. The fourth-order valence-electron chi connectivity index (χ4n) is 0.595. The van der Waals surface area contributed by atoms with Gasteiger partial charge in [-0.05, 0) is 12.1 Å². The van der Waals surface area contributed by atoms with Crippen LogP contribution in [0.1, 0.15) is 12.7 Å². The second-order valence-electron chi connectivity index (χ2n) is 1.83. The summed E-state index contributed by atoms with van der Waals surface area (Å²) in [7, 11) is 0. The van der Waals surface area contributed by atoms with Crippen molar-refractivity contribution in [2.45, 2.75) is 19.9 Å². The third-order valence-electron chi connectivity index (χ3n) is 1.10. The van der Waals surface area contributed by atoms with E-state index in [0.717, 1.165) is 12.4 Å². The van der Waals surface area contributed by atoms with Gasteiger partial charge in [0.15, 0.2) is 5.82 Å². The number of hydrogen-bond acceptors (Lipinski definition) is 3. The van der Waals surface area contributed by atoms with Gasteiger partial charge in [0.25, 0.3) is 0 Å². The van der Waals surface area contributed by atoms with E-state index in [9.17, 15) is 0 Å². The summed E-state index contributed by atoms with van der Waals surface area (Å²) in [6.45, 7) is 2.72. The van der Waals surface area contributed by atoms with Crippen molar-refractivity contribution >= 4 is 11.6 Å². The molecule has 0 fully saturated rings. The summed E-state index contributed by atoms with van der Waals surface area (Å²) in [6, 6.07) is 0. The fraction of sp³-hybridized carbons (Fsp3) is 0.800. The monoisotopic (exact) mass is 160 g/mol. The molecule has 0 amide bonds. The van der Waals surface area contributed by atoms with E-state index in [4.69, 9.17) is 11.6 Å². The summed E-state index contributed by atoms with van der Waals surface area (Å²) in [5.41, 5.74) is 0. The first-order chi connectivity index (χ1) is 4.86.